The second-order valence-electron chi connectivity index (χ2n) is 5.50. The Morgan fingerprint density at radius 2 is 1.24 bits per heavy atom. The van der Waals surface area contributed by atoms with Crippen LogP contribution in [0, 0.1) is 0 Å². The van der Waals surface area contributed by atoms with Crippen molar-refractivity contribution in [1.29, 1.82) is 0 Å². The maximum atomic E-state index is 3.36. The zero-order valence-corrected chi connectivity index (χ0v) is 15.3. The monoisotopic (exact) mass is 292 g/mol. The summed E-state index contributed by atoms with van der Waals surface area (Å²) in [6.45, 7) is 14.8. The van der Waals surface area contributed by atoms with E-state index in [0.29, 0.717) is 0 Å². The average Bonchev–Trinajstić information content (AvgIpc) is 2.42. The molecule has 0 amide bonds. The fourth-order valence-electron chi connectivity index (χ4n) is 1.54. The molecule has 0 radical (unpaired) electrons. The number of benzene rings is 1. The van der Waals surface area contributed by atoms with Crippen molar-refractivity contribution < 1.29 is 0 Å². The Hall–Kier alpha value is -1.12. The van der Waals surface area contributed by atoms with Crippen molar-refractivity contribution in [1.82, 2.24) is 9.80 Å². The highest BCUT2D eigenvalue weighted by Gasteiger charge is 1.98. The molecule has 0 N–H and O–H groups in total. The molecule has 0 fully saturated rings. The lowest BCUT2D eigenvalue weighted by Crippen LogP contribution is -2.16. The summed E-state index contributed by atoms with van der Waals surface area (Å²) >= 11 is 0. The van der Waals surface area contributed by atoms with Crippen LogP contribution in [0.1, 0.15) is 45.2 Å². The molecule has 0 bridgehead atoms. The lowest BCUT2D eigenvalue weighted by Gasteiger charge is -2.14. The summed E-state index contributed by atoms with van der Waals surface area (Å²) < 4.78 is 0. The van der Waals surface area contributed by atoms with Crippen molar-refractivity contribution in [3.05, 3.63) is 48.0 Å². The molecule has 0 spiro atoms. The van der Waals surface area contributed by atoms with E-state index in [1.54, 1.807) is 6.08 Å². The molecule has 1 rings (SSSR count). The quantitative estimate of drug-likeness (QED) is 0.719. The maximum Gasteiger partial charge on any atom is 0.0230 e. The molecular weight excluding hydrogens is 256 g/mol. The Kier molecular flexibility index (Phi) is 16.1. The Morgan fingerprint density at radius 1 is 0.905 bits per heavy atom. The lowest BCUT2D eigenvalue weighted by atomic mass is 10.1. The molecule has 0 saturated carbocycles. The molecular formula is C19H36N2. The Morgan fingerprint density at radius 3 is 1.52 bits per heavy atom. The van der Waals surface area contributed by atoms with Crippen molar-refractivity contribution in [3.63, 3.8) is 0 Å². The van der Waals surface area contributed by atoms with Gasteiger partial charge in [-0.25, -0.2) is 0 Å². The van der Waals surface area contributed by atoms with E-state index in [1.165, 1.54) is 17.5 Å². The van der Waals surface area contributed by atoms with E-state index in [1.807, 2.05) is 6.92 Å². The minimum Gasteiger partial charge on any atom is -0.305 e. The first-order valence-corrected chi connectivity index (χ1v) is 7.93. The second kappa shape index (κ2) is 15.3. The van der Waals surface area contributed by atoms with E-state index >= 15 is 0 Å². The first-order valence-electron chi connectivity index (χ1n) is 7.93. The van der Waals surface area contributed by atoms with Crippen LogP contribution in [-0.2, 0) is 13.1 Å². The lowest BCUT2D eigenvalue weighted by molar-refractivity contribution is 0.345. The number of rotatable bonds is 5. The van der Waals surface area contributed by atoms with Crippen molar-refractivity contribution >= 4 is 0 Å². The summed E-state index contributed by atoms with van der Waals surface area (Å²) in [6, 6.07) is 8.90. The highest BCUT2D eigenvalue weighted by molar-refractivity contribution is 5.22. The molecule has 0 aliphatic heterocycles. The standard InChI is InChI=1S/C13H22N2.C3H8.C3H6/c1-5-15(4)11-13-8-6-12(7-9-13)10-14(2)3;2*1-3-2/h6-9H,5,10-11H2,1-4H3;3H2,1-2H3;3H,1H2,2H3. The van der Waals surface area contributed by atoms with E-state index in [2.05, 4.69) is 82.6 Å². The minimum atomic E-state index is 1.02. The van der Waals surface area contributed by atoms with Crippen LogP contribution in [0.5, 0.6) is 0 Å². The van der Waals surface area contributed by atoms with Crippen LogP contribution in [0.2, 0.25) is 0 Å². The molecule has 21 heavy (non-hydrogen) atoms. The van der Waals surface area contributed by atoms with E-state index in [9.17, 15) is 0 Å². The van der Waals surface area contributed by atoms with Crippen molar-refractivity contribution in [3.8, 4) is 0 Å². The van der Waals surface area contributed by atoms with Crippen LogP contribution in [-0.4, -0.2) is 37.5 Å². The summed E-state index contributed by atoms with van der Waals surface area (Å²) in [7, 11) is 6.34. The Bertz CT molecular complexity index is 328. The summed E-state index contributed by atoms with van der Waals surface area (Å²) in [5.74, 6) is 0. The number of allylic oxidation sites excluding steroid dienone is 1. The van der Waals surface area contributed by atoms with E-state index in [0.717, 1.165) is 19.6 Å². The van der Waals surface area contributed by atoms with Crippen molar-refractivity contribution in [2.45, 2.75) is 47.2 Å². The van der Waals surface area contributed by atoms with Crippen molar-refractivity contribution in [2.75, 3.05) is 27.7 Å². The molecule has 0 aliphatic carbocycles. The molecule has 0 atom stereocenters. The highest BCUT2D eigenvalue weighted by Crippen LogP contribution is 2.07. The van der Waals surface area contributed by atoms with Gasteiger partial charge in [-0.3, -0.25) is 0 Å². The molecule has 0 aromatic heterocycles. The molecule has 2 heteroatoms. The summed E-state index contributed by atoms with van der Waals surface area (Å²) in [6.07, 6.45) is 3.00. The van der Waals surface area contributed by atoms with Crippen LogP contribution < -0.4 is 0 Å². The van der Waals surface area contributed by atoms with Gasteiger partial charge in [0.15, 0.2) is 0 Å². The summed E-state index contributed by atoms with van der Waals surface area (Å²) in [4.78, 5) is 4.49. The molecule has 2 nitrogen and oxygen atoms in total. The van der Waals surface area contributed by atoms with Gasteiger partial charge in [0.25, 0.3) is 0 Å². The Labute approximate surface area is 133 Å². The molecule has 0 heterocycles. The van der Waals surface area contributed by atoms with Crippen LogP contribution in [0.25, 0.3) is 0 Å². The van der Waals surface area contributed by atoms with Gasteiger partial charge in [0.05, 0.1) is 0 Å². The third-order valence-corrected chi connectivity index (χ3v) is 2.51. The fraction of sp³-hybridized carbons (Fsp3) is 0.579. The van der Waals surface area contributed by atoms with E-state index in [-0.39, 0.29) is 0 Å². The molecule has 1 aromatic carbocycles. The molecule has 122 valence electrons. The average molecular weight is 293 g/mol. The van der Waals surface area contributed by atoms with Gasteiger partial charge >= 0.3 is 0 Å². The molecule has 0 saturated heterocycles. The van der Waals surface area contributed by atoms with Gasteiger partial charge in [-0.15, -0.1) is 6.58 Å². The zero-order valence-electron chi connectivity index (χ0n) is 15.3. The first-order chi connectivity index (χ1) is 9.94. The van der Waals surface area contributed by atoms with Gasteiger partial charge in [0.2, 0.25) is 0 Å². The molecule has 1 aromatic rings. The summed E-state index contributed by atoms with van der Waals surface area (Å²) in [5.41, 5.74) is 2.77. The Balaban J connectivity index is 0. The molecule has 0 unspecified atom stereocenters. The van der Waals surface area contributed by atoms with Gasteiger partial charge in [0.1, 0.15) is 0 Å². The zero-order chi connectivity index (χ0) is 16.7. The van der Waals surface area contributed by atoms with Gasteiger partial charge in [-0.05, 0) is 45.7 Å². The van der Waals surface area contributed by atoms with Gasteiger partial charge in [-0.1, -0.05) is 57.5 Å². The van der Waals surface area contributed by atoms with Crippen molar-refractivity contribution in [2.24, 2.45) is 0 Å². The fourth-order valence-corrected chi connectivity index (χ4v) is 1.54. The smallest absolute Gasteiger partial charge is 0.0230 e. The second-order valence-corrected chi connectivity index (χ2v) is 5.50. The SMILES string of the molecule is C=CC.CCC.CCN(C)Cc1ccc(CN(C)C)cc1. The van der Waals surface area contributed by atoms with E-state index < -0.39 is 0 Å². The predicted octanol–water partition coefficient (Wildman–Crippen LogP) is 4.81. The first kappa shape index (κ1) is 22.2. The molecule has 0 aliphatic rings. The van der Waals surface area contributed by atoms with E-state index in [4.69, 9.17) is 0 Å². The number of hydrogen-bond acceptors (Lipinski definition) is 2. The maximum absolute atomic E-state index is 3.36. The van der Waals surface area contributed by atoms with Crippen LogP contribution >= 0.6 is 0 Å². The van der Waals surface area contributed by atoms with Crippen LogP contribution in [0.3, 0.4) is 0 Å². The van der Waals surface area contributed by atoms with Crippen LogP contribution in [0.4, 0.5) is 0 Å². The summed E-state index contributed by atoms with van der Waals surface area (Å²) in [5, 5.41) is 0. The highest BCUT2D eigenvalue weighted by atomic mass is 15.1. The van der Waals surface area contributed by atoms with Gasteiger partial charge < -0.3 is 9.80 Å². The largest absolute Gasteiger partial charge is 0.305 e. The number of hydrogen-bond donors (Lipinski definition) is 0. The number of nitrogens with zero attached hydrogens (tertiary/aromatic N) is 2. The minimum absolute atomic E-state index is 1.02. The van der Waals surface area contributed by atoms with Crippen LogP contribution in [0.15, 0.2) is 36.9 Å². The topological polar surface area (TPSA) is 6.48 Å². The predicted molar refractivity (Wildman–Crippen MR) is 97.7 cm³/mol. The third-order valence-electron chi connectivity index (χ3n) is 2.51. The normalized spacial score (nSPS) is 9.57. The van der Waals surface area contributed by atoms with Gasteiger partial charge in [0, 0.05) is 13.1 Å². The third kappa shape index (κ3) is 15.1. The van der Waals surface area contributed by atoms with Gasteiger partial charge in [-0.2, -0.15) is 0 Å².